The number of benzene rings is 10. The molecular weight excluding hydrogens is 693 g/mol. The van der Waals surface area contributed by atoms with Crippen molar-refractivity contribution in [2.45, 2.75) is 0 Å². The molecule has 0 aliphatic rings. The number of nitrogens with zero attached hydrogens (tertiary/aromatic N) is 2. The average Bonchev–Trinajstić information content (AvgIpc) is 3.66. The van der Waals surface area contributed by atoms with Crippen LogP contribution in [-0.4, -0.2) is 9.97 Å². The van der Waals surface area contributed by atoms with Gasteiger partial charge in [-0.15, -0.1) is 0 Å². The molecule has 0 spiro atoms. The number of fused-ring (bicyclic) bond motifs is 11. The Morgan fingerprint density at radius 3 is 1.56 bits per heavy atom. The Labute approximate surface area is 328 Å². The van der Waals surface area contributed by atoms with Gasteiger partial charge in [0.15, 0.2) is 0 Å². The molecule has 264 valence electrons. The predicted molar refractivity (Wildman–Crippen MR) is 239 cm³/mol. The van der Waals surface area contributed by atoms with E-state index in [0.717, 1.165) is 76.9 Å². The first-order valence-electron chi connectivity index (χ1n) is 19.4. The molecule has 0 fully saturated rings. The van der Waals surface area contributed by atoms with Gasteiger partial charge in [-0.05, 0) is 102 Å². The SMILES string of the molecule is c1cc(-c2ccc3oc4ccccc4c3c2)cc(-c2cnc3c4ccc(-c5cccc6ccccc56)cc4c4cc(-c5cccc6ccccc56)ccc4c3n2)c1. The van der Waals surface area contributed by atoms with Crippen LogP contribution in [0.25, 0.3) is 121 Å². The van der Waals surface area contributed by atoms with E-state index in [1.165, 1.54) is 43.8 Å². The van der Waals surface area contributed by atoms with Crippen molar-refractivity contribution in [3.63, 3.8) is 0 Å². The lowest BCUT2D eigenvalue weighted by molar-refractivity contribution is 0.669. The smallest absolute Gasteiger partial charge is 0.135 e. The Morgan fingerprint density at radius 1 is 0.316 bits per heavy atom. The molecule has 0 aliphatic carbocycles. The molecular formula is C54H32N2O. The van der Waals surface area contributed by atoms with Crippen LogP contribution in [0.15, 0.2) is 199 Å². The van der Waals surface area contributed by atoms with Gasteiger partial charge < -0.3 is 4.42 Å². The van der Waals surface area contributed by atoms with Gasteiger partial charge in [0.05, 0.1) is 22.9 Å². The zero-order valence-electron chi connectivity index (χ0n) is 30.8. The normalized spacial score (nSPS) is 11.9. The monoisotopic (exact) mass is 724 g/mol. The molecule has 0 saturated heterocycles. The molecule has 3 nitrogen and oxygen atoms in total. The largest absolute Gasteiger partial charge is 0.456 e. The number of furan rings is 1. The van der Waals surface area contributed by atoms with Gasteiger partial charge in [0.2, 0.25) is 0 Å². The van der Waals surface area contributed by atoms with Crippen molar-refractivity contribution in [1.29, 1.82) is 0 Å². The summed E-state index contributed by atoms with van der Waals surface area (Å²) in [6.07, 6.45) is 1.93. The summed E-state index contributed by atoms with van der Waals surface area (Å²) in [5.74, 6) is 0. The first kappa shape index (κ1) is 31.7. The quantitative estimate of drug-likeness (QED) is 0.170. The van der Waals surface area contributed by atoms with E-state index in [4.69, 9.17) is 14.4 Å². The number of aromatic nitrogens is 2. The van der Waals surface area contributed by atoms with Crippen molar-refractivity contribution in [1.82, 2.24) is 9.97 Å². The van der Waals surface area contributed by atoms with E-state index in [2.05, 4.69) is 176 Å². The molecule has 0 atom stereocenters. The maximum absolute atomic E-state index is 6.12. The lowest BCUT2D eigenvalue weighted by Crippen LogP contribution is -1.94. The second kappa shape index (κ2) is 12.5. The standard InChI is InChI=1S/C54H32N2O/c1-3-16-40-33(10-1)12-8-19-42(40)37-22-25-45-47(30-37)48-31-38(43-20-9-13-34-11-2-4-17-41(34)43)23-26-46(48)54-53(45)55-32-50(56-54)39-15-7-14-35(28-39)36-24-27-52-49(29-36)44-18-5-6-21-51(44)57-52/h1-32H. The van der Waals surface area contributed by atoms with Crippen molar-refractivity contribution >= 4 is 76.1 Å². The molecule has 10 aromatic carbocycles. The van der Waals surface area contributed by atoms with Crippen LogP contribution < -0.4 is 0 Å². The van der Waals surface area contributed by atoms with E-state index in [1.54, 1.807) is 0 Å². The molecule has 12 rings (SSSR count). The van der Waals surface area contributed by atoms with Crippen molar-refractivity contribution in [2.75, 3.05) is 0 Å². The van der Waals surface area contributed by atoms with Gasteiger partial charge in [0, 0.05) is 27.1 Å². The van der Waals surface area contributed by atoms with Gasteiger partial charge in [-0.3, -0.25) is 4.98 Å². The highest BCUT2D eigenvalue weighted by atomic mass is 16.3. The second-order valence-electron chi connectivity index (χ2n) is 14.9. The zero-order chi connectivity index (χ0) is 37.5. The summed E-state index contributed by atoms with van der Waals surface area (Å²) in [5.41, 5.74) is 12.5. The molecule has 0 radical (unpaired) electrons. The highest BCUT2D eigenvalue weighted by Crippen LogP contribution is 2.41. The van der Waals surface area contributed by atoms with E-state index >= 15 is 0 Å². The van der Waals surface area contributed by atoms with Crippen LogP contribution >= 0.6 is 0 Å². The van der Waals surface area contributed by atoms with Crippen LogP contribution in [0.5, 0.6) is 0 Å². The summed E-state index contributed by atoms with van der Waals surface area (Å²) >= 11 is 0. The van der Waals surface area contributed by atoms with E-state index in [9.17, 15) is 0 Å². The molecule has 2 heterocycles. The van der Waals surface area contributed by atoms with Crippen LogP contribution in [-0.2, 0) is 0 Å². The maximum Gasteiger partial charge on any atom is 0.135 e. The van der Waals surface area contributed by atoms with Crippen LogP contribution in [0.3, 0.4) is 0 Å². The summed E-state index contributed by atoms with van der Waals surface area (Å²) in [6, 6.07) is 67.3. The molecule has 2 aromatic heterocycles. The first-order valence-corrected chi connectivity index (χ1v) is 19.4. The Hall–Kier alpha value is -7.62. The molecule has 0 saturated carbocycles. The van der Waals surface area contributed by atoms with E-state index in [1.807, 2.05) is 18.3 Å². The molecule has 3 heteroatoms. The number of hydrogen-bond donors (Lipinski definition) is 0. The summed E-state index contributed by atoms with van der Waals surface area (Å²) in [4.78, 5) is 10.6. The first-order chi connectivity index (χ1) is 28.2. The third-order valence-corrected chi connectivity index (χ3v) is 11.7. The molecule has 0 aliphatic heterocycles. The minimum Gasteiger partial charge on any atom is -0.456 e. The van der Waals surface area contributed by atoms with Gasteiger partial charge in [0.25, 0.3) is 0 Å². The van der Waals surface area contributed by atoms with Crippen molar-refractivity contribution in [2.24, 2.45) is 0 Å². The van der Waals surface area contributed by atoms with Crippen molar-refractivity contribution < 1.29 is 4.42 Å². The number of rotatable bonds is 4. The lowest BCUT2D eigenvalue weighted by atomic mass is 9.91. The number of para-hydroxylation sites is 1. The molecule has 0 unspecified atom stereocenters. The fraction of sp³-hybridized carbons (Fsp3) is 0. The molecule has 12 aromatic rings. The van der Waals surface area contributed by atoms with E-state index in [-0.39, 0.29) is 0 Å². The summed E-state index contributed by atoms with van der Waals surface area (Å²) in [7, 11) is 0. The van der Waals surface area contributed by atoms with Crippen LogP contribution in [0.4, 0.5) is 0 Å². The van der Waals surface area contributed by atoms with Crippen LogP contribution in [0.2, 0.25) is 0 Å². The Bertz CT molecular complexity index is 3590. The number of hydrogen-bond acceptors (Lipinski definition) is 3. The van der Waals surface area contributed by atoms with Gasteiger partial charge in [-0.25, -0.2) is 4.98 Å². The highest BCUT2D eigenvalue weighted by molar-refractivity contribution is 6.24. The lowest BCUT2D eigenvalue weighted by Gasteiger charge is -2.15. The topological polar surface area (TPSA) is 38.9 Å². The van der Waals surface area contributed by atoms with E-state index in [0.29, 0.717) is 0 Å². The molecule has 0 N–H and O–H groups in total. The third kappa shape index (κ3) is 5.06. The Morgan fingerprint density at radius 2 is 0.842 bits per heavy atom. The second-order valence-corrected chi connectivity index (χ2v) is 14.9. The highest BCUT2D eigenvalue weighted by Gasteiger charge is 2.17. The van der Waals surface area contributed by atoms with Crippen molar-refractivity contribution in [3.05, 3.63) is 194 Å². The summed E-state index contributed by atoms with van der Waals surface area (Å²) in [6.45, 7) is 0. The van der Waals surface area contributed by atoms with Crippen molar-refractivity contribution in [3.8, 4) is 44.6 Å². The Balaban J connectivity index is 1.06. The van der Waals surface area contributed by atoms with Gasteiger partial charge in [-0.1, -0.05) is 152 Å². The van der Waals surface area contributed by atoms with E-state index < -0.39 is 0 Å². The average molecular weight is 725 g/mol. The maximum atomic E-state index is 6.12. The molecule has 0 bridgehead atoms. The van der Waals surface area contributed by atoms with Gasteiger partial charge in [-0.2, -0.15) is 0 Å². The fourth-order valence-electron chi connectivity index (χ4n) is 8.91. The van der Waals surface area contributed by atoms with Crippen LogP contribution in [0, 0.1) is 0 Å². The molecule has 0 amide bonds. The predicted octanol–water partition coefficient (Wildman–Crippen LogP) is 14.8. The Kier molecular flexibility index (Phi) is 6.93. The fourth-order valence-corrected chi connectivity index (χ4v) is 8.91. The third-order valence-electron chi connectivity index (χ3n) is 11.7. The summed E-state index contributed by atoms with van der Waals surface area (Å²) in [5, 5.41) is 11.7. The zero-order valence-corrected chi connectivity index (χ0v) is 30.8. The minimum absolute atomic E-state index is 0.838. The molecule has 57 heavy (non-hydrogen) atoms. The summed E-state index contributed by atoms with van der Waals surface area (Å²) < 4.78 is 6.12. The van der Waals surface area contributed by atoms with Gasteiger partial charge >= 0.3 is 0 Å². The van der Waals surface area contributed by atoms with Crippen LogP contribution in [0.1, 0.15) is 0 Å². The minimum atomic E-state index is 0.838. The van der Waals surface area contributed by atoms with Gasteiger partial charge in [0.1, 0.15) is 11.2 Å².